The van der Waals surface area contributed by atoms with Gasteiger partial charge in [-0.2, -0.15) is 0 Å². The molecule has 1 N–H and O–H groups in total. The van der Waals surface area contributed by atoms with Gasteiger partial charge >= 0.3 is 0 Å². The minimum Gasteiger partial charge on any atom is -0.387 e. The van der Waals surface area contributed by atoms with Crippen LogP contribution >= 0.6 is 0 Å². The van der Waals surface area contributed by atoms with E-state index in [2.05, 4.69) is 24.9 Å². The molecule has 72 valence electrons. The average Bonchev–Trinajstić information content (AvgIpc) is 2.20. The monoisotopic (exact) mass is 177 g/mol. The first kappa shape index (κ1) is 11.8. The highest BCUT2D eigenvalue weighted by Gasteiger charge is 1.97. The lowest BCUT2D eigenvalue weighted by atomic mass is 10.1. The van der Waals surface area contributed by atoms with E-state index in [1.807, 2.05) is 39.1 Å². The molecular formula is C12H19N. The second-order valence-corrected chi connectivity index (χ2v) is 2.49. The standard InChI is InChI=1S/C10H13N.C2H6/c1-4-9-7-5-6-8(2)10(9)11-3;1-2/h4-7,11H,1H2,2-3H3;1-2H3. The fourth-order valence-electron chi connectivity index (χ4n) is 1.20. The number of para-hydroxylation sites is 1. The van der Waals surface area contributed by atoms with Gasteiger partial charge in [-0.1, -0.05) is 44.7 Å². The highest BCUT2D eigenvalue weighted by Crippen LogP contribution is 2.20. The zero-order chi connectivity index (χ0) is 10.3. The van der Waals surface area contributed by atoms with E-state index in [-0.39, 0.29) is 0 Å². The van der Waals surface area contributed by atoms with Crippen molar-refractivity contribution in [1.82, 2.24) is 0 Å². The minimum absolute atomic E-state index is 1.16. The third kappa shape index (κ3) is 2.94. The molecule has 0 fully saturated rings. The number of hydrogen-bond donors (Lipinski definition) is 1. The fourth-order valence-corrected chi connectivity index (χ4v) is 1.20. The molecule has 0 radical (unpaired) electrons. The molecule has 0 bridgehead atoms. The van der Waals surface area contributed by atoms with E-state index in [9.17, 15) is 0 Å². The number of aryl methyl sites for hydroxylation is 1. The van der Waals surface area contributed by atoms with Crippen molar-refractivity contribution in [3.05, 3.63) is 35.9 Å². The number of rotatable bonds is 2. The normalized spacial score (nSPS) is 8.31. The lowest BCUT2D eigenvalue weighted by Gasteiger charge is -2.07. The smallest absolute Gasteiger partial charge is 0.0440 e. The van der Waals surface area contributed by atoms with Gasteiger partial charge in [-0.25, -0.2) is 0 Å². The summed E-state index contributed by atoms with van der Waals surface area (Å²) in [6, 6.07) is 6.16. The third-order valence-electron chi connectivity index (χ3n) is 1.77. The summed E-state index contributed by atoms with van der Waals surface area (Å²) in [6.45, 7) is 9.82. The van der Waals surface area contributed by atoms with Crippen LogP contribution < -0.4 is 5.32 Å². The number of hydrogen-bond acceptors (Lipinski definition) is 1. The predicted octanol–water partition coefficient (Wildman–Crippen LogP) is 3.71. The quantitative estimate of drug-likeness (QED) is 0.726. The van der Waals surface area contributed by atoms with Crippen molar-refractivity contribution < 1.29 is 0 Å². The Kier molecular flexibility index (Phi) is 5.69. The van der Waals surface area contributed by atoms with Crippen LogP contribution in [0.1, 0.15) is 25.0 Å². The number of benzene rings is 1. The second-order valence-electron chi connectivity index (χ2n) is 2.49. The highest BCUT2D eigenvalue weighted by molar-refractivity contribution is 5.68. The molecular weight excluding hydrogens is 158 g/mol. The van der Waals surface area contributed by atoms with Gasteiger partial charge in [0.1, 0.15) is 0 Å². The number of nitrogens with one attached hydrogen (secondary N) is 1. The maximum absolute atomic E-state index is 3.74. The zero-order valence-electron chi connectivity index (χ0n) is 9.02. The molecule has 1 rings (SSSR count). The Morgan fingerprint density at radius 2 is 1.92 bits per heavy atom. The first-order chi connectivity index (χ1) is 6.29. The predicted molar refractivity (Wildman–Crippen MR) is 62.2 cm³/mol. The van der Waals surface area contributed by atoms with Gasteiger partial charge in [-0.3, -0.25) is 0 Å². The molecule has 0 atom stereocenters. The van der Waals surface area contributed by atoms with Crippen molar-refractivity contribution in [3.8, 4) is 0 Å². The van der Waals surface area contributed by atoms with E-state index in [4.69, 9.17) is 0 Å². The molecule has 13 heavy (non-hydrogen) atoms. The summed E-state index contributed by atoms with van der Waals surface area (Å²) in [6.07, 6.45) is 1.86. The van der Waals surface area contributed by atoms with Crippen LogP contribution in [0.4, 0.5) is 5.69 Å². The molecule has 1 aromatic carbocycles. The van der Waals surface area contributed by atoms with Crippen LogP contribution in [0.2, 0.25) is 0 Å². The molecule has 0 saturated carbocycles. The molecule has 0 saturated heterocycles. The van der Waals surface area contributed by atoms with Gasteiger partial charge in [0.2, 0.25) is 0 Å². The molecule has 1 nitrogen and oxygen atoms in total. The first-order valence-corrected chi connectivity index (χ1v) is 4.69. The minimum atomic E-state index is 1.16. The van der Waals surface area contributed by atoms with E-state index in [0.717, 1.165) is 5.56 Å². The Bertz CT molecular complexity index is 264. The average molecular weight is 177 g/mol. The van der Waals surface area contributed by atoms with E-state index in [0.29, 0.717) is 0 Å². The van der Waals surface area contributed by atoms with Crippen LogP contribution in [0.3, 0.4) is 0 Å². The lowest BCUT2D eigenvalue weighted by Crippen LogP contribution is -1.93. The van der Waals surface area contributed by atoms with Crippen LogP contribution in [-0.2, 0) is 0 Å². The van der Waals surface area contributed by atoms with Gasteiger partial charge in [-0.15, -0.1) is 0 Å². The van der Waals surface area contributed by atoms with E-state index >= 15 is 0 Å². The molecule has 0 unspecified atom stereocenters. The summed E-state index contributed by atoms with van der Waals surface area (Å²) in [5.74, 6) is 0. The van der Waals surface area contributed by atoms with Crippen LogP contribution in [-0.4, -0.2) is 7.05 Å². The molecule has 0 aliphatic heterocycles. The summed E-state index contributed by atoms with van der Waals surface area (Å²) in [5.41, 5.74) is 3.58. The summed E-state index contributed by atoms with van der Waals surface area (Å²) < 4.78 is 0. The molecule has 1 aromatic rings. The maximum Gasteiger partial charge on any atom is 0.0440 e. The van der Waals surface area contributed by atoms with E-state index in [1.165, 1.54) is 11.3 Å². The van der Waals surface area contributed by atoms with E-state index in [1.54, 1.807) is 0 Å². The van der Waals surface area contributed by atoms with Crippen molar-refractivity contribution in [2.75, 3.05) is 12.4 Å². The summed E-state index contributed by atoms with van der Waals surface area (Å²) >= 11 is 0. The zero-order valence-corrected chi connectivity index (χ0v) is 9.02. The Morgan fingerprint density at radius 1 is 1.31 bits per heavy atom. The van der Waals surface area contributed by atoms with Gasteiger partial charge in [0.15, 0.2) is 0 Å². The van der Waals surface area contributed by atoms with Gasteiger partial charge in [0.25, 0.3) is 0 Å². The molecule has 1 heteroatoms. The van der Waals surface area contributed by atoms with Gasteiger partial charge < -0.3 is 5.32 Å². The summed E-state index contributed by atoms with van der Waals surface area (Å²) in [5, 5.41) is 3.14. The maximum atomic E-state index is 3.74. The van der Waals surface area contributed by atoms with Crippen molar-refractivity contribution in [1.29, 1.82) is 0 Å². The molecule has 0 aliphatic rings. The first-order valence-electron chi connectivity index (χ1n) is 4.69. The van der Waals surface area contributed by atoms with Gasteiger partial charge in [0.05, 0.1) is 0 Å². The molecule has 0 spiro atoms. The Balaban J connectivity index is 0.000000671. The fraction of sp³-hybridized carbons (Fsp3) is 0.333. The van der Waals surface area contributed by atoms with Gasteiger partial charge in [0, 0.05) is 12.7 Å². The topological polar surface area (TPSA) is 12.0 Å². The Labute approximate surface area is 81.5 Å². The summed E-state index contributed by atoms with van der Waals surface area (Å²) in [4.78, 5) is 0. The lowest BCUT2D eigenvalue weighted by molar-refractivity contribution is 1.39. The molecule has 0 aromatic heterocycles. The largest absolute Gasteiger partial charge is 0.387 e. The van der Waals surface area contributed by atoms with Crippen LogP contribution in [0.15, 0.2) is 24.8 Å². The molecule has 0 heterocycles. The van der Waals surface area contributed by atoms with Crippen molar-refractivity contribution in [2.45, 2.75) is 20.8 Å². The van der Waals surface area contributed by atoms with Crippen molar-refractivity contribution >= 4 is 11.8 Å². The Hall–Kier alpha value is -1.24. The van der Waals surface area contributed by atoms with Crippen molar-refractivity contribution in [3.63, 3.8) is 0 Å². The third-order valence-corrected chi connectivity index (χ3v) is 1.77. The van der Waals surface area contributed by atoms with Crippen LogP contribution in [0.25, 0.3) is 6.08 Å². The molecule has 0 amide bonds. The second kappa shape index (κ2) is 6.30. The number of anilines is 1. The summed E-state index contributed by atoms with van der Waals surface area (Å²) in [7, 11) is 1.93. The molecule has 0 aliphatic carbocycles. The van der Waals surface area contributed by atoms with Crippen LogP contribution in [0, 0.1) is 6.92 Å². The van der Waals surface area contributed by atoms with Gasteiger partial charge in [-0.05, 0) is 18.1 Å². The Morgan fingerprint density at radius 3 is 2.31 bits per heavy atom. The SMILES string of the molecule is C=Cc1cccc(C)c1NC.CC. The van der Waals surface area contributed by atoms with Crippen LogP contribution in [0.5, 0.6) is 0 Å². The van der Waals surface area contributed by atoms with E-state index < -0.39 is 0 Å². The van der Waals surface area contributed by atoms with Crippen molar-refractivity contribution in [2.24, 2.45) is 0 Å². The highest BCUT2D eigenvalue weighted by atomic mass is 14.8.